The number of nitrogens with zero attached hydrogens (tertiary/aromatic N) is 3. The summed E-state index contributed by atoms with van der Waals surface area (Å²) in [6, 6.07) is 15.9. The molecule has 0 spiro atoms. The number of hydrogen-bond acceptors (Lipinski definition) is 6. The van der Waals surface area contributed by atoms with E-state index in [-0.39, 0.29) is 17.0 Å². The van der Waals surface area contributed by atoms with Crippen molar-refractivity contribution < 1.29 is 19.1 Å². The van der Waals surface area contributed by atoms with Crippen LogP contribution in [0.5, 0.6) is 0 Å². The van der Waals surface area contributed by atoms with Gasteiger partial charge in [0.05, 0.1) is 31.5 Å². The monoisotopic (exact) mass is 375 g/mol. The molecular weight excluding hydrogens is 358 g/mol. The van der Waals surface area contributed by atoms with Crippen LogP contribution in [0.2, 0.25) is 0 Å². The fourth-order valence-corrected chi connectivity index (χ4v) is 2.78. The molecule has 0 aliphatic carbocycles. The highest BCUT2D eigenvalue weighted by Gasteiger charge is 2.31. The quantitative estimate of drug-likeness (QED) is 0.650. The lowest BCUT2D eigenvalue weighted by molar-refractivity contribution is 0.0549. The third kappa shape index (κ3) is 3.35. The Morgan fingerprint density at radius 2 is 1.57 bits per heavy atom. The molecule has 140 valence electrons. The topological polar surface area (TPSA) is 94.2 Å². The number of hydrogen-bond donors (Lipinski definition) is 0. The number of benzene rings is 2. The van der Waals surface area contributed by atoms with Crippen LogP contribution in [-0.2, 0) is 9.47 Å². The minimum Gasteiger partial charge on any atom is -0.465 e. The molecule has 0 fully saturated rings. The second kappa shape index (κ2) is 7.76. The minimum atomic E-state index is -0.714. The van der Waals surface area contributed by atoms with E-state index in [1.807, 2.05) is 25.1 Å². The van der Waals surface area contributed by atoms with Crippen molar-refractivity contribution in [2.75, 3.05) is 14.2 Å². The Bertz CT molecular complexity index is 1070. The van der Waals surface area contributed by atoms with E-state index in [1.165, 1.54) is 18.9 Å². The van der Waals surface area contributed by atoms with Crippen molar-refractivity contribution >= 4 is 11.9 Å². The smallest absolute Gasteiger partial charge is 0.357 e. The molecular formula is C21H17N3O4. The Morgan fingerprint density at radius 1 is 0.964 bits per heavy atom. The zero-order valence-corrected chi connectivity index (χ0v) is 15.6. The average molecular weight is 375 g/mol. The van der Waals surface area contributed by atoms with Gasteiger partial charge >= 0.3 is 11.9 Å². The largest absolute Gasteiger partial charge is 0.465 e. The normalized spacial score (nSPS) is 10.2. The number of carbonyl (C=O) groups is 2. The molecule has 0 bridgehead atoms. The first-order chi connectivity index (χ1) is 13.5. The van der Waals surface area contributed by atoms with Gasteiger partial charge in [0.25, 0.3) is 0 Å². The van der Waals surface area contributed by atoms with Gasteiger partial charge in [-0.1, -0.05) is 29.8 Å². The molecule has 3 rings (SSSR count). The molecule has 0 saturated heterocycles. The van der Waals surface area contributed by atoms with Crippen LogP contribution in [0.15, 0.2) is 48.5 Å². The highest BCUT2D eigenvalue weighted by Crippen LogP contribution is 2.29. The summed E-state index contributed by atoms with van der Waals surface area (Å²) >= 11 is 0. The van der Waals surface area contributed by atoms with E-state index in [0.29, 0.717) is 16.8 Å². The number of ether oxygens (including phenoxy) is 2. The van der Waals surface area contributed by atoms with E-state index in [0.717, 1.165) is 5.56 Å². The zero-order valence-electron chi connectivity index (χ0n) is 15.6. The molecule has 0 aliphatic heterocycles. The molecule has 1 heterocycles. The van der Waals surface area contributed by atoms with Crippen molar-refractivity contribution in [1.82, 2.24) is 9.78 Å². The number of methoxy groups -OCH3 is 2. The molecule has 0 amide bonds. The summed E-state index contributed by atoms with van der Waals surface area (Å²) in [4.78, 5) is 25.1. The standard InChI is InChI=1S/C21H17N3O4/c1-13-4-10-16(11-5-13)24-19(21(26)28-3)17(20(25)27-2)18(23-24)15-8-6-14(12-22)7-9-15/h4-11H,1-3H3. The molecule has 0 N–H and O–H groups in total. The number of aryl methyl sites for hydroxylation is 1. The van der Waals surface area contributed by atoms with Crippen molar-refractivity contribution in [2.24, 2.45) is 0 Å². The SMILES string of the molecule is COC(=O)c1c(-c2ccc(C#N)cc2)nn(-c2ccc(C)cc2)c1C(=O)OC. The van der Waals surface area contributed by atoms with Crippen LogP contribution in [0.4, 0.5) is 0 Å². The predicted molar refractivity (Wildman–Crippen MR) is 101 cm³/mol. The van der Waals surface area contributed by atoms with Crippen molar-refractivity contribution in [3.63, 3.8) is 0 Å². The first-order valence-corrected chi connectivity index (χ1v) is 8.37. The summed E-state index contributed by atoms with van der Waals surface area (Å²) in [6.07, 6.45) is 0. The van der Waals surface area contributed by atoms with Gasteiger partial charge in [0.2, 0.25) is 0 Å². The number of rotatable bonds is 4. The van der Waals surface area contributed by atoms with Crippen LogP contribution in [0.25, 0.3) is 16.9 Å². The van der Waals surface area contributed by atoms with Crippen molar-refractivity contribution in [2.45, 2.75) is 6.92 Å². The maximum absolute atomic E-state index is 12.5. The predicted octanol–water partition coefficient (Wildman–Crippen LogP) is 3.29. The molecule has 0 unspecified atom stereocenters. The summed E-state index contributed by atoms with van der Waals surface area (Å²) in [6.45, 7) is 1.94. The van der Waals surface area contributed by atoms with Gasteiger partial charge in [0.1, 0.15) is 11.3 Å². The van der Waals surface area contributed by atoms with Gasteiger partial charge in [-0.05, 0) is 31.2 Å². The second-order valence-corrected chi connectivity index (χ2v) is 5.99. The summed E-state index contributed by atoms with van der Waals surface area (Å²) < 4.78 is 11.2. The van der Waals surface area contributed by atoms with E-state index in [1.54, 1.807) is 36.4 Å². The van der Waals surface area contributed by atoms with Crippen molar-refractivity contribution in [3.05, 3.63) is 70.9 Å². The summed E-state index contributed by atoms with van der Waals surface area (Å²) in [5, 5.41) is 13.5. The highest BCUT2D eigenvalue weighted by atomic mass is 16.5. The van der Waals surface area contributed by atoms with Gasteiger partial charge in [0, 0.05) is 5.56 Å². The molecule has 3 aromatic rings. The summed E-state index contributed by atoms with van der Waals surface area (Å²) in [5.41, 5.74) is 2.89. The Balaban J connectivity index is 2.32. The Morgan fingerprint density at radius 3 is 2.11 bits per heavy atom. The van der Waals surface area contributed by atoms with Crippen LogP contribution in [0, 0.1) is 18.3 Å². The van der Waals surface area contributed by atoms with Gasteiger partial charge in [-0.3, -0.25) is 0 Å². The first kappa shape index (κ1) is 18.9. The van der Waals surface area contributed by atoms with Gasteiger partial charge in [-0.25, -0.2) is 14.3 Å². The lowest BCUT2D eigenvalue weighted by Gasteiger charge is -2.07. The van der Waals surface area contributed by atoms with Crippen LogP contribution in [0.1, 0.15) is 32.0 Å². The number of esters is 2. The second-order valence-electron chi connectivity index (χ2n) is 5.99. The van der Waals surface area contributed by atoms with Crippen molar-refractivity contribution in [1.29, 1.82) is 5.26 Å². The van der Waals surface area contributed by atoms with E-state index in [4.69, 9.17) is 14.7 Å². The fraction of sp³-hybridized carbons (Fsp3) is 0.143. The Hall–Kier alpha value is -3.92. The lowest BCUT2D eigenvalue weighted by Crippen LogP contribution is -2.15. The maximum Gasteiger partial charge on any atom is 0.357 e. The molecule has 7 nitrogen and oxygen atoms in total. The van der Waals surface area contributed by atoms with Crippen LogP contribution < -0.4 is 0 Å². The number of aromatic nitrogens is 2. The van der Waals surface area contributed by atoms with Gasteiger partial charge in [-0.15, -0.1) is 0 Å². The molecule has 1 aromatic heterocycles. The molecule has 0 atom stereocenters. The molecule has 28 heavy (non-hydrogen) atoms. The van der Waals surface area contributed by atoms with E-state index < -0.39 is 11.9 Å². The number of carbonyl (C=O) groups excluding carboxylic acids is 2. The molecule has 2 aromatic carbocycles. The van der Waals surface area contributed by atoms with Gasteiger partial charge in [-0.2, -0.15) is 10.4 Å². The van der Waals surface area contributed by atoms with Crippen LogP contribution >= 0.6 is 0 Å². The maximum atomic E-state index is 12.5. The summed E-state index contributed by atoms with van der Waals surface area (Å²) in [5.74, 6) is -1.42. The molecule has 7 heteroatoms. The lowest BCUT2D eigenvalue weighted by atomic mass is 10.0. The fourth-order valence-electron chi connectivity index (χ4n) is 2.78. The van der Waals surface area contributed by atoms with E-state index in [9.17, 15) is 9.59 Å². The van der Waals surface area contributed by atoms with Gasteiger partial charge in [0.15, 0.2) is 5.69 Å². The van der Waals surface area contributed by atoms with Crippen LogP contribution in [-0.4, -0.2) is 35.9 Å². The van der Waals surface area contributed by atoms with Crippen LogP contribution in [0.3, 0.4) is 0 Å². The summed E-state index contributed by atoms with van der Waals surface area (Å²) in [7, 11) is 2.46. The highest BCUT2D eigenvalue weighted by molar-refractivity contribution is 6.06. The Kier molecular flexibility index (Phi) is 5.23. The Labute approximate surface area is 161 Å². The first-order valence-electron chi connectivity index (χ1n) is 8.37. The molecule has 0 aliphatic rings. The third-order valence-corrected chi connectivity index (χ3v) is 4.22. The molecule has 0 saturated carbocycles. The third-order valence-electron chi connectivity index (χ3n) is 4.22. The van der Waals surface area contributed by atoms with Crippen molar-refractivity contribution in [3.8, 4) is 23.0 Å². The van der Waals surface area contributed by atoms with E-state index in [2.05, 4.69) is 5.10 Å². The average Bonchev–Trinajstić information content (AvgIpc) is 3.13. The number of nitriles is 1. The zero-order chi connectivity index (χ0) is 20.3. The van der Waals surface area contributed by atoms with E-state index >= 15 is 0 Å². The van der Waals surface area contributed by atoms with Gasteiger partial charge < -0.3 is 9.47 Å². The minimum absolute atomic E-state index is 0.000340. The molecule has 0 radical (unpaired) electrons.